The van der Waals surface area contributed by atoms with Crippen molar-refractivity contribution in [3.8, 4) is 6.07 Å². The number of halogens is 1. The van der Waals surface area contributed by atoms with Gasteiger partial charge in [0.1, 0.15) is 6.07 Å². The van der Waals surface area contributed by atoms with Crippen LogP contribution >= 0.6 is 11.6 Å². The van der Waals surface area contributed by atoms with E-state index in [9.17, 15) is 0 Å². The highest BCUT2D eigenvalue weighted by atomic mass is 35.5. The molecule has 2 aromatic rings. The summed E-state index contributed by atoms with van der Waals surface area (Å²) in [6.45, 7) is 2.09. The van der Waals surface area contributed by atoms with Crippen LogP contribution in [0.2, 0.25) is 5.02 Å². The van der Waals surface area contributed by atoms with Crippen molar-refractivity contribution in [2.75, 3.05) is 5.32 Å². The molecule has 1 N–H and O–H groups in total. The Bertz CT molecular complexity index is 587. The molecule has 0 aliphatic carbocycles. The molecule has 19 heavy (non-hydrogen) atoms. The Kier molecular flexibility index (Phi) is 4.43. The van der Waals surface area contributed by atoms with Crippen LogP contribution in [-0.4, -0.2) is 6.04 Å². The summed E-state index contributed by atoms with van der Waals surface area (Å²) in [5.41, 5.74) is 2.67. The zero-order valence-corrected chi connectivity index (χ0v) is 11.5. The van der Waals surface area contributed by atoms with Crippen LogP contribution in [-0.2, 0) is 6.42 Å². The molecule has 3 heteroatoms. The van der Waals surface area contributed by atoms with Crippen LogP contribution in [0.25, 0.3) is 0 Å². The lowest BCUT2D eigenvalue weighted by Gasteiger charge is -2.16. The zero-order chi connectivity index (χ0) is 13.7. The van der Waals surface area contributed by atoms with Gasteiger partial charge in [0.25, 0.3) is 0 Å². The monoisotopic (exact) mass is 270 g/mol. The van der Waals surface area contributed by atoms with Crippen LogP contribution in [0.5, 0.6) is 0 Å². The summed E-state index contributed by atoms with van der Waals surface area (Å²) in [6, 6.07) is 17.9. The molecule has 0 fully saturated rings. The molecule has 0 saturated carbocycles. The number of hydrogen-bond acceptors (Lipinski definition) is 2. The number of nitrogens with one attached hydrogen (secondary N) is 1. The Morgan fingerprint density at radius 1 is 1.21 bits per heavy atom. The summed E-state index contributed by atoms with van der Waals surface area (Å²) >= 11 is 5.97. The Balaban J connectivity index is 2.09. The van der Waals surface area contributed by atoms with Gasteiger partial charge in [0, 0.05) is 11.1 Å². The van der Waals surface area contributed by atoms with Crippen LogP contribution in [0.15, 0.2) is 48.5 Å². The van der Waals surface area contributed by atoms with Crippen molar-refractivity contribution in [1.82, 2.24) is 0 Å². The van der Waals surface area contributed by atoms with Crippen molar-refractivity contribution < 1.29 is 0 Å². The summed E-state index contributed by atoms with van der Waals surface area (Å²) in [6.07, 6.45) is 0.901. The standard InChI is InChI=1S/C16H15ClN2/c1-12(9-13-5-3-2-4-6-13)19-16-10-15(17)8-7-14(16)11-18/h2-8,10,12,19H,9H2,1H3. The van der Waals surface area contributed by atoms with Crippen molar-refractivity contribution in [3.05, 3.63) is 64.7 Å². The zero-order valence-electron chi connectivity index (χ0n) is 10.7. The predicted octanol–water partition coefficient (Wildman–Crippen LogP) is 4.25. The normalized spacial score (nSPS) is 11.6. The fourth-order valence-electron chi connectivity index (χ4n) is 2.02. The number of nitriles is 1. The van der Waals surface area contributed by atoms with Gasteiger partial charge in [-0.2, -0.15) is 5.26 Å². The van der Waals surface area contributed by atoms with E-state index in [2.05, 4.69) is 30.4 Å². The number of anilines is 1. The number of hydrogen-bond donors (Lipinski definition) is 1. The molecular formula is C16H15ClN2. The van der Waals surface area contributed by atoms with Gasteiger partial charge < -0.3 is 5.32 Å². The Morgan fingerprint density at radius 2 is 1.95 bits per heavy atom. The molecule has 2 rings (SSSR count). The van der Waals surface area contributed by atoms with Crippen LogP contribution in [0.4, 0.5) is 5.69 Å². The molecule has 0 saturated heterocycles. The Labute approximate surface area is 118 Å². The van der Waals surface area contributed by atoms with Gasteiger partial charge in [-0.25, -0.2) is 0 Å². The van der Waals surface area contributed by atoms with E-state index in [-0.39, 0.29) is 6.04 Å². The second-order valence-corrected chi connectivity index (χ2v) is 4.97. The second kappa shape index (κ2) is 6.26. The second-order valence-electron chi connectivity index (χ2n) is 4.54. The maximum atomic E-state index is 9.08. The van der Waals surface area contributed by atoms with Crippen molar-refractivity contribution in [1.29, 1.82) is 5.26 Å². The van der Waals surface area contributed by atoms with E-state index in [0.717, 1.165) is 12.1 Å². The van der Waals surface area contributed by atoms with E-state index in [1.54, 1.807) is 18.2 Å². The molecule has 2 aromatic carbocycles. The first-order valence-corrected chi connectivity index (χ1v) is 6.57. The number of nitrogens with zero attached hydrogens (tertiary/aromatic N) is 1. The summed E-state index contributed by atoms with van der Waals surface area (Å²) in [5.74, 6) is 0. The van der Waals surface area contributed by atoms with Crippen molar-refractivity contribution in [2.24, 2.45) is 0 Å². The SMILES string of the molecule is CC(Cc1ccccc1)Nc1cc(Cl)ccc1C#N. The quantitative estimate of drug-likeness (QED) is 0.901. The molecule has 0 aliphatic rings. The molecule has 0 radical (unpaired) electrons. The lowest BCUT2D eigenvalue weighted by Crippen LogP contribution is -2.18. The maximum absolute atomic E-state index is 9.08. The minimum atomic E-state index is 0.230. The molecular weight excluding hydrogens is 256 g/mol. The van der Waals surface area contributed by atoms with Crippen LogP contribution in [0.3, 0.4) is 0 Å². The molecule has 0 aromatic heterocycles. The van der Waals surface area contributed by atoms with E-state index in [4.69, 9.17) is 16.9 Å². The molecule has 96 valence electrons. The van der Waals surface area contributed by atoms with Crippen LogP contribution in [0.1, 0.15) is 18.1 Å². The van der Waals surface area contributed by atoms with E-state index in [0.29, 0.717) is 10.6 Å². The first-order chi connectivity index (χ1) is 9.19. The smallest absolute Gasteiger partial charge is 0.101 e. The average Bonchev–Trinajstić information content (AvgIpc) is 2.40. The summed E-state index contributed by atoms with van der Waals surface area (Å²) in [4.78, 5) is 0. The van der Waals surface area contributed by atoms with Gasteiger partial charge in [0.2, 0.25) is 0 Å². The first kappa shape index (κ1) is 13.5. The molecule has 0 amide bonds. The van der Waals surface area contributed by atoms with Gasteiger partial charge in [0.05, 0.1) is 11.3 Å². The minimum absolute atomic E-state index is 0.230. The third-order valence-corrected chi connectivity index (χ3v) is 3.12. The van der Waals surface area contributed by atoms with Crippen LogP contribution < -0.4 is 5.32 Å². The number of benzene rings is 2. The molecule has 0 heterocycles. The van der Waals surface area contributed by atoms with Gasteiger partial charge in [0.15, 0.2) is 0 Å². The number of rotatable bonds is 4. The Hall–Kier alpha value is -1.98. The lowest BCUT2D eigenvalue weighted by atomic mass is 10.1. The van der Waals surface area contributed by atoms with Crippen LogP contribution in [0, 0.1) is 11.3 Å². The summed E-state index contributed by atoms with van der Waals surface area (Å²) in [7, 11) is 0. The largest absolute Gasteiger partial charge is 0.381 e. The fourth-order valence-corrected chi connectivity index (χ4v) is 2.19. The van der Waals surface area contributed by atoms with E-state index in [1.165, 1.54) is 5.56 Å². The lowest BCUT2D eigenvalue weighted by molar-refractivity contribution is 0.790. The maximum Gasteiger partial charge on any atom is 0.101 e. The summed E-state index contributed by atoms with van der Waals surface area (Å²) in [5, 5.41) is 13.1. The molecule has 0 spiro atoms. The van der Waals surface area contributed by atoms with Gasteiger partial charge in [-0.1, -0.05) is 41.9 Å². The fraction of sp³-hybridized carbons (Fsp3) is 0.188. The van der Waals surface area contributed by atoms with Crippen molar-refractivity contribution in [3.63, 3.8) is 0 Å². The molecule has 1 unspecified atom stereocenters. The third-order valence-electron chi connectivity index (χ3n) is 2.89. The van der Waals surface area contributed by atoms with Gasteiger partial charge in [-0.05, 0) is 37.1 Å². The van der Waals surface area contributed by atoms with Crippen molar-refractivity contribution >= 4 is 17.3 Å². The van der Waals surface area contributed by atoms with Crippen molar-refractivity contribution in [2.45, 2.75) is 19.4 Å². The first-order valence-electron chi connectivity index (χ1n) is 6.19. The molecule has 1 atom stereocenters. The Morgan fingerprint density at radius 3 is 2.63 bits per heavy atom. The van der Waals surface area contributed by atoms with E-state index >= 15 is 0 Å². The predicted molar refractivity (Wildman–Crippen MR) is 79.4 cm³/mol. The highest BCUT2D eigenvalue weighted by Gasteiger charge is 2.07. The van der Waals surface area contributed by atoms with Gasteiger partial charge >= 0.3 is 0 Å². The molecule has 0 aliphatic heterocycles. The third kappa shape index (κ3) is 3.74. The molecule has 0 bridgehead atoms. The summed E-state index contributed by atoms with van der Waals surface area (Å²) < 4.78 is 0. The minimum Gasteiger partial charge on any atom is -0.381 e. The highest BCUT2D eigenvalue weighted by Crippen LogP contribution is 2.21. The van der Waals surface area contributed by atoms with E-state index < -0.39 is 0 Å². The molecule has 2 nitrogen and oxygen atoms in total. The van der Waals surface area contributed by atoms with E-state index in [1.807, 2.05) is 18.2 Å². The average molecular weight is 271 g/mol. The van der Waals surface area contributed by atoms with Gasteiger partial charge in [-0.3, -0.25) is 0 Å². The highest BCUT2D eigenvalue weighted by molar-refractivity contribution is 6.30. The topological polar surface area (TPSA) is 35.8 Å². The van der Waals surface area contributed by atoms with Gasteiger partial charge in [-0.15, -0.1) is 0 Å².